The van der Waals surface area contributed by atoms with Gasteiger partial charge in [-0.05, 0) is 63.9 Å². The van der Waals surface area contributed by atoms with Crippen molar-refractivity contribution >= 4 is 34.0 Å². The number of hydrogen-bond donors (Lipinski definition) is 3. The Labute approximate surface area is 299 Å². The number of carbonyl (C=O) groups excluding carboxylic acids is 1. The van der Waals surface area contributed by atoms with Crippen LogP contribution in [0.15, 0.2) is 126 Å². The molecule has 0 radical (unpaired) electrons. The number of para-hydroxylation sites is 1. The van der Waals surface area contributed by atoms with Gasteiger partial charge in [-0.3, -0.25) is 9.53 Å². The van der Waals surface area contributed by atoms with E-state index in [9.17, 15) is 9.00 Å². The molecule has 2 atom stereocenters. The van der Waals surface area contributed by atoms with Crippen LogP contribution in [-0.4, -0.2) is 22.7 Å². The van der Waals surface area contributed by atoms with E-state index in [2.05, 4.69) is 54.1 Å². The highest BCUT2D eigenvalue weighted by molar-refractivity contribution is 7.89. The molecule has 5 aromatic rings. The van der Waals surface area contributed by atoms with E-state index < -0.39 is 28.8 Å². The molecule has 0 aromatic heterocycles. The zero-order valence-corrected chi connectivity index (χ0v) is 29.2. The normalized spacial score (nSPS) is 18.6. The molecule has 7 nitrogen and oxygen atoms in total. The molecule has 0 fully saturated rings. The van der Waals surface area contributed by atoms with Gasteiger partial charge in [0.2, 0.25) is 0 Å². The van der Waals surface area contributed by atoms with Gasteiger partial charge in [0.15, 0.2) is 0 Å². The van der Waals surface area contributed by atoms with Crippen molar-refractivity contribution in [3.63, 3.8) is 0 Å². The molecule has 1 amide bonds. The molecule has 2 heterocycles. The third kappa shape index (κ3) is 6.50. The Morgan fingerprint density at radius 2 is 1.59 bits per heavy atom. The molecule has 2 aliphatic heterocycles. The monoisotopic (exact) mass is 699 g/mol. The largest absolute Gasteiger partial charge is 0.489 e. The number of anilines is 3. The van der Waals surface area contributed by atoms with Crippen molar-refractivity contribution in [1.29, 1.82) is 0 Å². The van der Waals surface area contributed by atoms with Crippen molar-refractivity contribution in [2.45, 2.75) is 38.8 Å². The number of nitrogens with one attached hydrogen (secondary N) is 3. The van der Waals surface area contributed by atoms with Gasteiger partial charge in [-0.15, -0.1) is 0 Å². The minimum absolute atomic E-state index is 0.0752. The third-order valence-electron chi connectivity index (χ3n) is 9.73. The van der Waals surface area contributed by atoms with E-state index in [-0.39, 0.29) is 17.9 Å². The number of hydrogen-bond acceptors (Lipinski definition) is 6. The van der Waals surface area contributed by atoms with Crippen LogP contribution < -0.4 is 20.7 Å². The summed E-state index contributed by atoms with van der Waals surface area (Å²) in [6.07, 6.45) is -0.00282. The molecule has 8 rings (SSSR count). The third-order valence-corrected chi connectivity index (χ3v) is 11.8. The smallest absolute Gasteiger partial charge is 0.411 e. The first-order valence-corrected chi connectivity index (χ1v) is 18.4. The molecule has 3 aliphatic rings. The molecule has 51 heavy (non-hydrogen) atoms. The fraction of sp³-hybridized carbons (Fsp3) is 0.214. The number of carbonyl (C=O) groups is 1. The molecular formula is C42H38FN3O4S. The van der Waals surface area contributed by atoms with Gasteiger partial charge in [-0.1, -0.05) is 98.8 Å². The highest BCUT2D eigenvalue weighted by Crippen LogP contribution is 2.48. The predicted molar refractivity (Wildman–Crippen MR) is 201 cm³/mol. The van der Waals surface area contributed by atoms with E-state index in [1.807, 2.05) is 66.7 Å². The van der Waals surface area contributed by atoms with Gasteiger partial charge in [-0.2, -0.15) is 0 Å². The lowest BCUT2D eigenvalue weighted by Gasteiger charge is -2.34. The standard InChI is InChI=1S/C42H38FN3O4S/c1-42(2)22-37-40(51(48)25-42)38(32-20-19-27(21-34(32)43)49-23-26-11-4-3-5-12-26)44-35-17-10-18-36(39(35)45-37)46-41(47)50-24-33-30-15-8-6-13-28(30)29-14-7-9-16-31(29)33/h3-21,33,38,44-45H,22-25H2,1-2H3,(H,46,47). The lowest BCUT2D eigenvalue weighted by atomic mass is 9.88. The highest BCUT2D eigenvalue weighted by Gasteiger charge is 2.39. The van der Waals surface area contributed by atoms with Crippen LogP contribution >= 0.6 is 0 Å². The van der Waals surface area contributed by atoms with E-state index in [0.717, 1.165) is 33.5 Å². The molecule has 5 aromatic carbocycles. The average Bonchev–Trinajstić information content (AvgIpc) is 3.33. The van der Waals surface area contributed by atoms with Crippen LogP contribution in [-0.2, 0) is 22.1 Å². The van der Waals surface area contributed by atoms with Gasteiger partial charge < -0.3 is 20.1 Å². The second kappa shape index (κ2) is 13.4. The number of rotatable bonds is 7. The van der Waals surface area contributed by atoms with E-state index >= 15 is 4.39 Å². The summed E-state index contributed by atoms with van der Waals surface area (Å²) < 4.78 is 41.7. The van der Waals surface area contributed by atoms with E-state index in [1.165, 1.54) is 6.07 Å². The minimum Gasteiger partial charge on any atom is -0.489 e. The lowest BCUT2D eigenvalue weighted by molar-refractivity contribution is 0.158. The Balaban J connectivity index is 1.06. The summed E-state index contributed by atoms with van der Waals surface area (Å²) in [7, 11) is -1.41. The quantitative estimate of drug-likeness (QED) is 0.157. The van der Waals surface area contributed by atoms with Crippen LogP contribution in [0.1, 0.15) is 54.5 Å². The van der Waals surface area contributed by atoms with Crippen molar-refractivity contribution in [1.82, 2.24) is 0 Å². The number of ether oxygens (including phenoxy) is 2. The summed E-state index contributed by atoms with van der Waals surface area (Å²) in [5, 5.41) is 9.94. The average molecular weight is 700 g/mol. The predicted octanol–water partition coefficient (Wildman–Crippen LogP) is 9.73. The van der Waals surface area contributed by atoms with Gasteiger partial charge in [0.1, 0.15) is 24.8 Å². The zero-order valence-electron chi connectivity index (χ0n) is 28.4. The number of allylic oxidation sites excluding steroid dienone is 1. The van der Waals surface area contributed by atoms with Crippen LogP contribution in [0.2, 0.25) is 0 Å². The second-order valence-corrected chi connectivity index (χ2v) is 15.4. The molecule has 2 unspecified atom stereocenters. The highest BCUT2D eigenvalue weighted by atomic mass is 32.2. The van der Waals surface area contributed by atoms with E-state index in [0.29, 0.717) is 52.1 Å². The van der Waals surface area contributed by atoms with Gasteiger partial charge in [0.25, 0.3) is 0 Å². The molecule has 1 aliphatic carbocycles. The number of fused-ring (bicyclic) bond motifs is 4. The maximum Gasteiger partial charge on any atom is 0.411 e. The zero-order chi connectivity index (χ0) is 35.1. The Morgan fingerprint density at radius 3 is 2.31 bits per heavy atom. The Kier molecular flexibility index (Phi) is 8.60. The topological polar surface area (TPSA) is 88.7 Å². The number of halogens is 1. The Hall–Kier alpha value is -5.41. The lowest BCUT2D eigenvalue weighted by Crippen LogP contribution is -2.32. The molecular weight excluding hydrogens is 662 g/mol. The molecule has 0 spiro atoms. The summed E-state index contributed by atoms with van der Waals surface area (Å²) in [5.74, 6) is 0.297. The molecule has 0 saturated heterocycles. The Morgan fingerprint density at radius 1 is 0.882 bits per heavy atom. The van der Waals surface area contributed by atoms with Crippen molar-refractivity contribution in [2.75, 3.05) is 28.3 Å². The molecule has 0 bridgehead atoms. The van der Waals surface area contributed by atoms with Crippen LogP contribution in [0.25, 0.3) is 11.1 Å². The molecule has 258 valence electrons. The van der Waals surface area contributed by atoms with Gasteiger partial charge in [0, 0.05) is 29.0 Å². The van der Waals surface area contributed by atoms with Gasteiger partial charge in [0.05, 0.1) is 38.8 Å². The Bertz CT molecular complexity index is 2160. The summed E-state index contributed by atoms with van der Waals surface area (Å²) in [4.78, 5) is 14.0. The summed E-state index contributed by atoms with van der Waals surface area (Å²) in [6.45, 7) is 4.64. The van der Waals surface area contributed by atoms with Crippen LogP contribution in [0.3, 0.4) is 0 Å². The first kappa shape index (κ1) is 32.8. The first-order valence-electron chi connectivity index (χ1n) is 17.1. The van der Waals surface area contributed by atoms with E-state index in [4.69, 9.17) is 9.47 Å². The second-order valence-electron chi connectivity index (χ2n) is 14.0. The molecule has 0 saturated carbocycles. The van der Waals surface area contributed by atoms with Crippen molar-refractivity contribution < 1.29 is 22.9 Å². The summed E-state index contributed by atoms with van der Waals surface area (Å²) in [5.41, 5.74) is 8.10. The van der Waals surface area contributed by atoms with Crippen LogP contribution in [0, 0.1) is 11.2 Å². The molecule has 9 heteroatoms. The SMILES string of the molecule is CC1(C)CC2=C(C(c3ccc(OCc4ccccc4)cc3F)Nc3cccc(NC(=O)OCC4c5ccccc5-c5ccccc54)c3N2)S(=O)C1. The van der Waals surface area contributed by atoms with Gasteiger partial charge in [-0.25, -0.2) is 9.18 Å². The van der Waals surface area contributed by atoms with Crippen molar-refractivity contribution in [2.24, 2.45) is 5.41 Å². The van der Waals surface area contributed by atoms with Gasteiger partial charge >= 0.3 is 6.09 Å². The van der Waals surface area contributed by atoms with Crippen LogP contribution in [0.5, 0.6) is 5.75 Å². The minimum atomic E-state index is -1.41. The number of benzene rings is 5. The van der Waals surface area contributed by atoms with Crippen molar-refractivity contribution in [3.8, 4) is 16.9 Å². The van der Waals surface area contributed by atoms with Crippen LogP contribution in [0.4, 0.5) is 26.2 Å². The van der Waals surface area contributed by atoms with Crippen molar-refractivity contribution in [3.05, 3.63) is 154 Å². The maximum atomic E-state index is 16.0. The summed E-state index contributed by atoms with van der Waals surface area (Å²) >= 11 is 0. The fourth-order valence-electron chi connectivity index (χ4n) is 7.42. The molecule has 3 N–H and O–H groups in total. The maximum absolute atomic E-state index is 16.0. The van der Waals surface area contributed by atoms with E-state index in [1.54, 1.807) is 18.2 Å². The summed E-state index contributed by atoms with van der Waals surface area (Å²) in [6, 6.07) is 35.7. The first-order chi connectivity index (χ1) is 24.7. The fourth-order valence-corrected chi connectivity index (χ4v) is 9.23. The number of amides is 1.